The number of carbonyl (C=O) groups is 2. The van der Waals surface area contributed by atoms with Gasteiger partial charge in [0.1, 0.15) is 17.4 Å². The summed E-state index contributed by atoms with van der Waals surface area (Å²) in [6.07, 6.45) is 1.75. The molecule has 0 fully saturated rings. The van der Waals surface area contributed by atoms with Gasteiger partial charge in [-0.05, 0) is 57.4 Å². The lowest BCUT2D eigenvalue weighted by Crippen LogP contribution is -2.17. The van der Waals surface area contributed by atoms with Gasteiger partial charge in [0, 0.05) is 11.4 Å². The van der Waals surface area contributed by atoms with Crippen molar-refractivity contribution in [2.24, 2.45) is 0 Å². The van der Waals surface area contributed by atoms with Crippen molar-refractivity contribution in [3.05, 3.63) is 63.8 Å². The first-order valence-electron chi connectivity index (χ1n) is 11.2. The van der Waals surface area contributed by atoms with Crippen molar-refractivity contribution in [2.45, 2.75) is 52.9 Å². The number of thioether (sulfide) groups is 1. The number of anilines is 1. The molecule has 2 heterocycles. The number of allylic oxidation sites excluding steroid dienone is 1. The predicted octanol–water partition coefficient (Wildman–Crippen LogP) is 5.25. The molecule has 3 rings (SSSR count). The Morgan fingerprint density at radius 1 is 1.23 bits per heavy atom. The van der Waals surface area contributed by atoms with Gasteiger partial charge in [0.05, 0.1) is 17.9 Å². The van der Waals surface area contributed by atoms with Crippen LogP contribution in [0.4, 0.5) is 5.00 Å². The summed E-state index contributed by atoms with van der Waals surface area (Å²) in [6, 6.07) is 6.04. The van der Waals surface area contributed by atoms with E-state index in [-0.39, 0.29) is 24.9 Å². The molecule has 1 amide bonds. The first-order valence-corrected chi connectivity index (χ1v) is 13.0. The molecule has 0 aliphatic rings. The smallest absolute Gasteiger partial charge is 0.341 e. The summed E-state index contributed by atoms with van der Waals surface area (Å²) in [5.41, 5.74) is 3.38. The number of rotatable bonds is 11. The first kappa shape index (κ1) is 26.5. The monoisotopic (exact) mass is 514 g/mol. The summed E-state index contributed by atoms with van der Waals surface area (Å²) in [6.45, 7) is 14.3. The lowest BCUT2D eigenvalue weighted by atomic mass is 10.1. The van der Waals surface area contributed by atoms with E-state index in [1.807, 2.05) is 50.5 Å². The molecule has 0 aliphatic heterocycles. The van der Waals surface area contributed by atoms with Gasteiger partial charge in [-0.1, -0.05) is 30.0 Å². The van der Waals surface area contributed by atoms with Crippen molar-refractivity contribution in [1.29, 1.82) is 0 Å². The van der Waals surface area contributed by atoms with Gasteiger partial charge in [0.2, 0.25) is 5.91 Å². The van der Waals surface area contributed by atoms with Crippen molar-refractivity contribution in [2.75, 3.05) is 17.7 Å². The van der Waals surface area contributed by atoms with Crippen LogP contribution in [-0.2, 0) is 22.7 Å². The van der Waals surface area contributed by atoms with Crippen LogP contribution in [0.2, 0.25) is 0 Å². The molecule has 1 aromatic carbocycles. The van der Waals surface area contributed by atoms with Crippen molar-refractivity contribution >= 4 is 40.0 Å². The van der Waals surface area contributed by atoms with Crippen LogP contribution >= 0.6 is 23.1 Å². The third-order valence-corrected chi connectivity index (χ3v) is 7.35. The summed E-state index contributed by atoms with van der Waals surface area (Å²) in [5.74, 6) is 0.860. The fourth-order valence-electron chi connectivity index (χ4n) is 3.31. The third-order valence-electron chi connectivity index (χ3n) is 5.26. The van der Waals surface area contributed by atoms with E-state index in [4.69, 9.17) is 9.47 Å². The lowest BCUT2D eigenvalue weighted by molar-refractivity contribution is -0.113. The Morgan fingerprint density at radius 3 is 2.71 bits per heavy atom. The first-order chi connectivity index (χ1) is 16.7. The molecule has 10 heteroatoms. The molecule has 0 atom stereocenters. The fourth-order valence-corrected chi connectivity index (χ4v) is 5.14. The molecule has 8 nitrogen and oxygen atoms in total. The Balaban J connectivity index is 1.68. The second kappa shape index (κ2) is 12.0. The highest BCUT2D eigenvalue weighted by molar-refractivity contribution is 7.99. The zero-order valence-corrected chi connectivity index (χ0v) is 22.3. The van der Waals surface area contributed by atoms with E-state index in [2.05, 4.69) is 22.1 Å². The minimum atomic E-state index is -0.434. The molecule has 186 valence electrons. The van der Waals surface area contributed by atoms with Gasteiger partial charge in [0.15, 0.2) is 11.0 Å². The second-order valence-electron chi connectivity index (χ2n) is 7.90. The van der Waals surface area contributed by atoms with Crippen LogP contribution in [0.1, 0.15) is 44.7 Å². The molecule has 0 bridgehead atoms. The number of ether oxygens (including phenoxy) is 2. The molecule has 3 aromatic rings. The number of carbonyl (C=O) groups excluding carboxylic acids is 2. The summed E-state index contributed by atoms with van der Waals surface area (Å²) >= 11 is 2.62. The highest BCUT2D eigenvalue weighted by Crippen LogP contribution is 2.33. The zero-order chi connectivity index (χ0) is 25.5. The molecule has 1 N–H and O–H groups in total. The maximum atomic E-state index is 12.7. The van der Waals surface area contributed by atoms with E-state index in [1.165, 1.54) is 23.1 Å². The number of esters is 1. The fraction of sp³-hybridized carbons (Fsp3) is 0.360. The van der Waals surface area contributed by atoms with Gasteiger partial charge in [-0.15, -0.1) is 28.1 Å². The van der Waals surface area contributed by atoms with E-state index in [1.54, 1.807) is 13.0 Å². The average Bonchev–Trinajstić information content (AvgIpc) is 3.32. The Hall–Kier alpha value is -3.11. The Labute approximate surface area is 213 Å². The molecule has 0 unspecified atom stereocenters. The van der Waals surface area contributed by atoms with Crippen LogP contribution in [0.3, 0.4) is 0 Å². The molecule has 0 aliphatic carbocycles. The maximum absolute atomic E-state index is 12.7. The highest BCUT2D eigenvalue weighted by Gasteiger charge is 2.22. The Bertz CT molecular complexity index is 1230. The SMILES string of the molecule is C=CCn1c(COc2cc(C)ccc2C)nnc1SCC(=O)Nc1sc(C)c(C)c1C(=O)OCC. The number of thiophene rings is 1. The van der Waals surface area contributed by atoms with Crippen LogP contribution in [0.25, 0.3) is 0 Å². The van der Waals surface area contributed by atoms with Crippen LogP contribution in [-0.4, -0.2) is 39.0 Å². The summed E-state index contributed by atoms with van der Waals surface area (Å²) in [4.78, 5) is 26.0. The van der Waals surface area contributed by atoms with Crippen LogP contribution in [0, 0.1) is 27.7 Å². The standard InChI is InChI=1S/C25H30N4O4S2/c1-7-11-29-20(13-33-19-12-15(3)9-10-16(19)4)27-28-25(29)34-14-21(30)26-23-22(24(31)32-8-2)17(5)18(6)35-23/h7,9-10,12H,1,8,11,13-14H2,2-6H3,(H,26,30). The van der Waals surface area contributed by atoms with Gasteiger partial charge in [-0.3, -0.25) is 9.36 Å². The number of aryl methyl sites for hydroxylation is 3. The molecular weight excluding hydrogens is 484 g/mol. The van der Waals surface area contributed by atoms with Crippen molar-refractivity contribution in [1.82, 2.24) is 14.8 Å². The molecular formula is C25H30N4O4S2. The number of nitrogens with zero attached hydrogens (tertiary/aromatic N) is 3. The number of hydrogen-bond donors (Lipinski definition) is 1. The van der Waals surface area contributed by atoms with E-state index >= 15 is 0 Å². The summed E-state index contributed by atoms with van der Waals surface area (Å²) < 4.78 is 13.0. The van der Waals surface area contributed by atoms with Crippen LogP contribution in [0.15, 0.2) is 36.0 Å². The number of amides is 1. The average molecular weight is 515 g/mol. The van der Waals surface area contributed by atoms with Gasteiger partial charge < -0.3 is 14.8 Å². The van der Waals surface area contributed by atoms with E-state index in [9.17, 15) is 9.59 Å². The van der Waals surface area contributed by atoms with E-state index < -0.39 is 5.97 Å². The quantitative estimate of drug-likeness (QED) is 0.212. The molecule has 0 saturated carbocycles. The van der Waals surface area contributed by atoms with Gasteiger partial charge >= 0.3 is 5.97 Å². The number of hydrogen-bond acceptors (Lipinski definition) is 8. The minimum Gasteiger partial charge on any atom is -0.485 e. The molecule has 0 spiro atoms. The van der Waals surface area contributed by atoms with Crippen LogP contribution in [0.5, 0.6) is 5.75 Å². The third kappa shape index (κ3) is 6.52. The van der Waals surface area contributed by atoms with Gasteiger partial charge in [-0.2, -0.15) is 0 Å². The molecule has 0 saturated heterocycles. The molecule has 35 heavy (non-hydrogen) atoms. The Morgan fingerprint density at radius 2 is 2.00 bits per heavy atom. The summed E-state index contributed by atoms with van der Waals surface area (Å²) in [7, 11) is 0. The summed E-state index contributed by atoms with van der Waals surface area (Å²) in [5, 5.41) is 12.5. The number of nitrogens with one attached hydrogen (secondary N) is 1. The van der Waals surface area contributed by atoms with E-state index in [0.29, 0.717) is 28.1 Å². The van der Waals surface area contributed by atoms with Gasteiger partial charge in [0.25, 0.3) is 0 Å². The molecule has 0 radical (unpaired) electrons. The highest BCUT2D eigenvalue weighted by atomic mass is 32.2. The van der Waals surface area contributed by atoms with Crippen LogP contribution < -0.4 is 10.1 Å². The van der Waals surface area contributed by atoms with E-state index in [0.717, 1.165) is 27.3 Å². The van der Waals surface area contributed by atoms with Crippen molar-refractivity contribution < 1.29 is 19.1 Å². The van der Waals surface area contributed by atoms with Crippen molar-refractivity contribution in [3.63, 3.8) is 0 Å². The van der Waals surface area contributed by atoms with Crippen molar-refractivity contribution in [3.8, 4) is 5.75 Å². The largest absolute Gasteiger partial charge is 0.485 e. The topological polar surface area (TPSA) is 95.3 Å². The predicted molar refractivity (Wildman–Crippen MR) is 140 cm³/mol. The number of benzene rings is 1. The normalized spacial score (nSPS) is 10.8. The Kier molecular flexibility index (Phi) is 9.11. The van der Waals surface area contributed by atoms with Gasteiger partial charge in [-0.25, -0.2) is 4.79 Å². The molecule has 2 aromatic heterocycles. The minimum absolute atomic E-state index is 0.103. The maximum Gasteiger partial charge on any atom is 0.341 e. The lowest BCUT2D eigenvalue weighted by Gasteiger charge is -2.11. The number of aromatic nitrogens is 3. The second-order valence-corrected chi connectivity index (χ2v) is 10.1. The zero-order valence-electron chi connectivity index (χ0n) is 20.6.